The first-order valence-electron chi connectivity index (χ1n) is 12.1. The first-order chi connectivity index (χ1) is 17.6. The van der Waals surface area contributed by atoms with Crippen molar-refractivity contribution >= 4 is 5.97 Å². The van der Waals surface area contributed by atoms with E-state index in [0.29, 0.717) is 51.0 Å². The maximum Gasteiger partial charge on any atom is 0.306 e. The highest BCUT2D eigenvalue weighted by molar-refractivity contribution is 5.69. The Morgan fingerprint density at radius 2 is 1.78 bits per heavy atom. The number of rotatable bonds is 12. The summed E-state index contributed by atoms with van der Waals surface area (Å²) < 4.78 is 24.3. The van der Waals surface area contributed by atoms with Gasteiger partial charge in [0.1, 0.15) is 23.8 Å². The van der Waals surface area contributed by atoms with E-state index in [1.807, 2.05) is 79.3 Å². The monoisotopic (exact) mass is 489 g/mol. The summed E-state index contributed by atoms with van der Waals surface area (Å²) >= 11 is 0. The molecule has 2 aromatic carbocycles. The highest BCUT2D eigenvalue weighted by Crippen LogP contribution is 2.23. The zero-order valence-electron chi connectivity index (χ0n) is 20.9. The summed E-state index contributed by atoms with van der Waals surface area (Å²) in [6, 6.07) is 17.7. The fourth-order valence-electron chi connectivity index (χ4n) is 3.72. The lowest BCUT2D eigenvalue weighted by atomic mass is 10.2. The zero-order valence-corrected chi connectivity index (χ0v) is 20.9. The molecule has 2 heterocycles. The van der Waals surface area contributed by atoms with Crippen molar-refractivity contribution in [2.45, 2.75) is 46.8 Å². The predicted octanol–water partition coefficient (Wildman–Crippen LogP) is 5.37. The molecule has 4 aromatic rings. The number of nitrogens with zero attached hydrogens (tertiary/aromatic N) is 3. The number of esters is 1. The van der Waals surface area contributed by atoms with E-state index in [-0.39, 0.29) is 5.97 Å². The third-order valence-electron chi connectivity index (χ3n) is 5.54. The maximum absolute atomic E-state index is 11.7. The smallest absolute Gasteiger partial charge is 0.306 e. The average Bonchev–Trinajstić information content (AvgIpc) is 3.45. The van der Waals surface area contributed by atoms with Crippen LogP contribution in [0.15, 0.2) is 65.2 Å². The number of benzene rings is 2. The third-order valence-corrected chi connectivity index (χ3v) is 5.54. The Bertz CT molecular complexity index is 1260. The fourth-order valence-corrected chi connectivity index (χ4v) is 3.72. The largest absolute Gasteiger partial charge is 0.487 e. The highest BCUT2D eigenvalue weighted by atomic mass is 16.5. The van der Waals surface area contributed by atoms with Crippen LogP contribution in [-0.4, -0.2) is 33.9 Å². The normalized spacial score (nSPS) is 10.9. The van der Waals surface area contributed by atoms with Gasteiger partial charge in [0.2, 0.25) is 11.8 Å². The minimum absolute atomic E-state index is 0.222. The minimum atomic E-state index is -0.222. The van der Waals surface area contributed by atoms with Crippen molar-refractivity contribution in [2.24, 2.45) is 0 Å². The van der Waals surface area contributed by atoms with Crippen molar-refractivity contribution in [3.63, 3.8) is 0 Å². The summed E-state index contributed by atoms with van der Waals surface area (Å²) in [7, 11) is 0. The van der Waals surface area contributed by atoms with E-state index in [0.717, 1.165) is 33.9 Å². The highest BCUT2D eigenvalue weighted by Gasteiger charge is 2.14. The molecular weight excluding hydrogens is 458 g/mol. The van der Waals surface area contributed by atoms with Crippen molar-refractivity contribution in [3.8, 4) is 23.1 Å². The molecule has 2 aromatic heterocycles. The number of ether oxygens (including phenoxy) is 3. The molecule has 0 bridgehead atoms. The molecule has 0 spiro atoms. The Kier molecular flexibility index (Phi) is 8.39. The molecule has 0 aliphatic rings. The fraction of sp³-hybridized carbons (Fsp3) is 0.321. The van der Waals surface area contributed by atoms with E-state index in [1.54, 1.807) is 6.92 Å². The lowest BCUT2D eigenvalue weighted by Crippen LogP contribution is -2.05. The van der Waals surface area contributed by atoms with E-state index in [9.17, 15) is 4.79 Å². The quantitative estimate of drug-likeness (QED) is 0.247. The van der Waals surface area contributed by atoms with Crippen LogP contribution >= 0.6 is 0 Å². The molecule has 8 heteroatoms. The molecule has 0 atom stereocenters. The van der Waals surface area contributed by atoms with Gasteiger partial charge in [-0.3, -0.25) is 9.48 Å². The summed E-state index contributed by atoms with van der Waals surface area (Å²) in [5.41, 5.74) is 3.66. The number of hydrogen-bond acceptors (Lipinski definition) is 7. The van der Waals surface area contributed by atoms with Gasteiger partial charge < -0.3 is 18.6 Å². The molecule has 0 aliphatic carbocycles. The van der Waals surface area contributed by atoms with Crippen LogP contribution in [0.4, 0.5) is 0 Å². The van der Waals surface area contributed by atoms with Gasteiger partial charge in [-0.05, 0) is 57.0 Å². The number of aryl methyl sites for hydroxylation is 2. The maximum atomic E-state index is 11.7. The number of hydrogen-bond donors (Lipinski definition) is 0. The summed E-state index contributed by atoms with van der Waals surface area (Å²) in [5, 5.41) is 4.55. The SMILES string of the molecule is CCOC(=O)CCc1cn(Cc2ccc(OCc3nc(-c4ccccc4)oc3C)cc2)nc1OCC. The number of oxazole rings is 1. The van der Waals surface area contributed by atoms with Gasteiger partial charge in [0.05, 0.1) is 19.8 Å². The van der Waals surface area contributed by atoms with Crippen LogP contribution in [0.1, 0.15) is 42.8 Å². The molecule has 0 N–H and O–H groups in total. The first-order valence-corrected chi connectivity index (χ1v) is 12.1. The van der Waals surface area contributed by atoms with Crippen molar-refractivity contribution in [3.05, 3.63) is 83.4 Å². The Labute approximate surface area is 210 Å². The van der Waals surface area contributed by atoms with E-state index >= 15 is 0 Å². The minimum Gasteiger partial charge on any atom is -0.487 e. The molecular formula is C28H31N3O5. The Morgan fingerprint density at radius 1 is 1.00 bits per heavy atom. The summed E-state index contributed by atoms with van der Waals surface area (Å²) in [4.78, 5) is 16.3. The van der Waals surface area contributed by atoms with E-state index in [1.165, 1.54) is 0 Å². The Hall–Kier alpha value is -4.07. The second kappa shape index (κ2) is 12.1. The lowest BCUT2D eigenvalue weighted by Gasteiger charge is -2.06. The van der Waals surface area contributed by atoms with Gasteiger partial charge in [-0.25, -0.2) is 4.98 Å². The van der Waals surface area contributed by atoms with Crippen molar-refractivity contribution < 1.29 is 23.4 Å². The van der Waals surface area contributed by atoms with Crippen LogP contribution in [0.5, 0.6) is 11.6 Å². The van der Waals surface area contributed by atoms with Crippen molar-refractivity contribution in [2.75, 3.05) is 13.2 Å². The lowest BCUT2D eigenvalue weighted by molar-refractivity contribution is -0.143. The van der Waals surface area contributed by atoms with Gasteiger partial charge in [0.15, 0.2) is 0 Å². The molecule has 0 radical (unpaired) electrons. The van der Waals surface area contributed by atoms with Gasteiger partial charge in [-0.1, -0.05) is 30.3 Å². The summed E-state index contributed by atoms with van der Waals surface area (Å²) in [5.74, 6) is 2.41. The number of carbonyl (C=O) groups is 1. The molecule has 188 valence electrons. The molecule has 0 fully saturated rings. The molecule has 0 amide bonds. The van der Waals surface area contributed by atoms with Gasteiger partial charge in [0, 0.05) is 23.7 Å². The van der Waals surface area contributed by atoms with Crippen LogP contribution < -0.4 is 9.47 Å². The van der Waals surface area contributed by atoms with Gasteiger partial charge in [0.25, 0.3) is 0 Å². The van der Waals surface area contributed by atoms with Crippen LogP contribution in [0, 0.1) is 6.92 Å². The molecule has 0 aliphatic heterocycles. The summed E-state index contributed by atoms with van der Waals surface area (Å²) in [6.45, 7) is 7.38. The van der Waals surface area contributed by atoms with Crippen LogP contribution in [0.25, 0.3) is 11.5 Å². The second-order valence-electron chi connectivity index (χ2n) is 8.22. The number of aromatic nitrogens is 3. The van der Waals surface area contributed by atoms with Crippen molar-refractivity contribution in [1.82, 2.24) is 14.8 Å². The molecule has 8 nitrogen and oxygen atoms in total. The second-order valence-corrected chi connectivity index (χ2v) is 8.22. The predicted molar refractivity (Wildman–Crippen MR) is 135 cm³/mol. The zero-order chi connectivity index (χ0) is 25.3. The number of carbonyl (C=O) groups excluding carboxylic acids is 1. The molecule has 36 heavy (non-hydrogen) atoms. The molecule has 0 unspecified atom stereocenters. The van der Waals surface area contributed by atoms with Crippen LogP contribution in [-0.2, 0) is 29.1 Å². The third kappa shape index (κ3) is 6.53. The molecule has 0 saturated carbocycles. The van der Waals surface area contributed by atoms with E-state index < -0.39 is 0 Å². The first kappa shape index (κ1) is 25.0. The van der Waals surface area contributed by atoms with Gasteiger partial charge >= 0.3 is 5.97 Å². The summed E-state index contributed by atoms with van der Waals surface area (Å²) in [6.07, 6.45) is 2.74. The molecule has 4 rings (SSSR count). The van der Waals surface area contributed by atoms with Crippen LogP contribution in [0.2, 0.25) is 0 Å². The molecule has 0 saturated heterocycles. The standard InChI is InChI=1S/C28H31N3O5/c1-4-33-26(32)16-13-23-18-31(30-28(23)34-5-2)17-21-11-14-24(15-12-21)35-19-25-20(3)36-27(29-25)22-9-7-6-8-10-22/h6-12,14-15,18H,4-5,13,16-17,19H2,1-3H3. The van der Waals surface area contributed by atoms with Gasteiger partial charge in [-0.15, -0.1) is 5.10 Å². The van der Waals surface area contributed by atoms with Crippen molar-refractivity contribution in [1.29, 1.82) is 0 Å². The average molecular weight is 490 g/mol. The Morgan fingerprint density at radius 3 is 2.50 bits per heavy atom. The Balaban J connectivity index is 1.35. The van der Waals surface area contributed by atoms with Crippen LogP contribution in [0.3, 0.4) is 0 Å². The van der Waals surface area contributed by atoms with E-state index in [2.05, 4.69) is 10.1 Å². The van der Waals surface area contributed by atoms with E-state index in [4.69, 9.17) is 18.6 Å². The topological polar surface area (TPSA) is 88.6 Å². The van der Waals surface area contributed by atoms with Gasteiger partial charge in [-0.2, -0.15) is 0 Å².